The maximum atomic E-state index is 10.0. The van der Waals surface area contributed by atoms with Crippen molar-refractivity contribution < 1.29 is 9.90 Å². The molecule has 1 rings (SSSR count). The third-order valence-corrected chi connectivity index (χ3v) is 2.11. The van der Waals surface area contributed by atoms with Gasteiger partial charge in [0.2, 0.25) is 6.41 Å². The van der Waals surface area contributed by atoms with Gasteiger partial charge in [0.05, 0.1) is 0 Å². The smallest absolute Gasteiger partial charge is 0.221 e. The van der Waals surface area contributed by atoms with Crippen LogP contribution >= 0.6 is 0 Å². The molecule has 2 N–H and O–H groups in total. The van der Waals surface area contributed by atoms with Crippen LogP contribution in [-0.4, -0.2) is 36.2 Å². The van der Waals surface area contributed by atoms with E-state index in [0.717, 1.165) is 25.9 Å². The topological polar surface area (TPSA) is 52.6 Å². The van der Waals surface area contributed by atoms with Crippen LogP contribution < -0.4 is 5.43 Å². The average molecular weight is 158 g/mol. The van der Waals surface area contributed by atoms with Gasteiger partial charge in [-0.15, -0.1) is 0 Å². The molecule has 0 bridgehead atoms. The molecule has 0 aromatic carbocycles. The van der Waals surface area contributed by atoms with Crippen molar-refractivity contribution in [2.45, 2.75) is 12.8 Å². The summed E-state index contributed by atoms with van der Waals surface area (Å²) < 4.78 is 0. The van der Waals surface area contributed by atoms with E-state index in [1.807, 2.05) is 5.01 Å². The standard InChI is InChI=1S/C7H14N2O2/c10-5-7-1-3-9(4-2-7)8-6-11/h6-7,10H,1-5H2,(H,8,11). The van der Waals surface area contributed by atoms with Crippen LogP contribution in [0.1, 0.15) is 12.8 Å². The summed E-state index contributed by atoms with van der Waals surface area (Å²) in [6.45, 7) is 1.98. The Hall–Kier alpha value is -0.610. The third-order valence-electron chi connectivity index (χ3n) is 2.11. The number of carbonyl (C=O) groups is 1. The van der Waals surface area contributed by atoms with E-state index in [0.29, 0.717) is 12.3 Å². The van der Waals surface area contributed by atoms with Gasteiger partial charge >= 0.3 is 0 Å². The minimum absolute atomic E-state index is 0.273. The molecule has 1 heterocycles. The monoisotopic (exact) mass is 158 g/mol. The SMILES string of the molecule is O=CNN1CCC(CO)CC1. The molecule has 1 amide bonds. The van der Waals surface area contributed by atoms with E-state index < -0.39 is 0 Å². The van der Waals surface area contributed by atoms with Gasteiger partial charge < -0.3 is 5.11 Å². The average Bonchev–Trinajstić information content (AvgIpc) is 2.07. The van der Waals surface area contributed by atoms with Crippen LogP contribution in [0.2, 0.25) is 0 Å². The van der Waals surface area contributed by atoms with E-state index in [-0.39, 0.29) is 6.61 Å². The maximum Gasteiger partial charge on any atom is 0.221 e. The lowest BCUT2D eigenvalue weighted by molar-refractivity contribution is -0.114. The lowest BCUT2D eigenvalue weighted by Gasteiger charge is -2.29. The van der Waals surface area contributed by atoms with E-state index in [9.17, 15) is 4.79 Å². The van der Waals surface area contributed by atoms with Crippen LogP contribution in [0.15, 0.2) is 0 Å². The van der Waals surface area contributed by atoms with Crippen molar-refractivity contribution in [1.29, 1.82) is 0 Å². The first-order valence-corrected chi connectivity index (χ1v) is 3.92. The molecule has 0 radical (unpaired) electrons. The summed E-state index contributed by atoms with van der Waals surface area (Å²) in [6.07, 6.45) is 2.63. The van der Waals surface area contributed by atoms with Gasteiger partial charge in [0.1, 0.15) is 0 Å². The van der Waals surface area contributed by atoms with Gasteiger partial charge in [-0.2, -0.15) is 0 Å². The Balaban J connectivity index is 2.18. The van der Waals surface area contributed by atoms with Crippen molar-refractivity contribution in [2.24, 2.45) is 5.92 Å². The number of amides is 1. The molecule has 0 saturated carbocycles. The molecule has 1 fully saturated rings. The van der Waals surface area contributed by atoms with Gasteiger partial charge in [0, 0.05) is 19.7 Å². The van der Waals surface area contributed by atoms with Crippen LogP contribution in [0.4, 0.5) is 0 Å². The van der Waals surface area contributed by atoms with Gasteiger partial charge in [-0.05, 0) is 18.8 Å². The second-order valence-corrected chi connectivity index (χ2v) is 2.86. The van der Waals surface area contributed by atoms with E-state index in [1.165, 1.54) is 0 Å². The molecule has 64 valence electrons. The number of rotatable bonds is 3. The highest BCUT2D eigenvalue weighted by atomic mass is 16.3. The number of nitrogens with one attached hydrogen (secondary N) is 1. The molecule has 0 aromatic heterocycles. The van der Waals surface area contributed by atoms with Crippen LogP contribution in [0, 0.1) is 5.92 Å². The largest absolute Gasteiger partial charge is 0.396 e. The van der Waals surface area contributed by atoms with Crippen molar-refractivity contribution in [1.82, 2.24) is 10.4 Å². The van der Waals surface area contributed by atoms with Gasteiger partial charge in [-0.3, -0.25) is 10.2 Å². The highest BCUT2D eigenvalue weighted by molar-refractivity contribution is 5.44. The van der Waals surface area contributed by atoms with Crippen LogP contribution in [0.25, 0.3) is 0 Å². The highest BCUT2D eigenvalue weighted by Crippen LogP contribution is 2.13. The molecule has 1 aliphatic rings. The number of hydrogen-bond acceptors (Lipinski definition) is 3. The van der Waals surface area contributed by atoms with Crippen molar-refractivity contribution in [3.63, 3.8) is 0 Å². The molecule has 0 aliphatic carbocycles. The molecule has 11 heavy (non-hydrogen) atoms. The van der Waals surface area contributed by atoms with Crippen molar-refractivity contribution in [3.05, 3.63) is 0 Å². The minimum Gasteiger partial charge on any atom is -0.396 e. The molecule has 0 spiro atoms. The summed E-state index contributed by atoms with van der Waals surface area (Å²) in [5.41, 5.74) is 2.60. The summed E-state index contributed by atoms with van der Waals surface area (Å²) >= 11 is 0. The second kappa shape index (κ2) is 4.31. The van der Waals surface area contributed by atoms with Crippen molar-refractivity contribution in [2.75, 3.05) is 19.7 Å². The summed E-state index contributed by atoms with van der Waals surface area (Å²) in [5, 5.41) is 10.7. The van der Waals surface area contributed by atoms with Gasteiger partial charge in [0.15, 0.2) is 0 Å². The lowest BCUT2D eigenvalue weighted by atomic mass is 9.99. The number of nitrogens with zero attached hydrogens (tertiary/aromatic N) is 1. The maximum absolute atomic E-state index is 10.0. The van der Waals surface area contributed by atoms with E-state index >= 15 is 0 Å². The number of hydrazine groups is 1. The zero-order chi connectivity index (χ0) is 8.10. The summed E-state index contributed by atoms with van der Waals surface area (Å²) in [7, 11) is 0. The molecule has 4 nitrogen and oxygen atoms in total. The molecule has 0 aromatic rings. The Morgan fingerprint density at radius 1 is 1.55 bits per heavy atom. The fourth-order valence-electron chi connectivity index (χ4n) is 1.32. The number of hydrogen-bond donors (Lipinski definition) is 2. The Kier molecular flexibility index (Phi) is 3.32. The van der Waals surface area contributed by atoms with Gasteiger partial charge in [-0.25, -0.2) is 5.01 Å². The van der Waals surface area contributed by atoms with E-state index in [4.69, 9.17) is 5.11 Å². The van der Waals surface area contributed by atoms with Crippen LogP contribution in [0.5, 0.6) is 0 Å². The molecule has 1 saturated heterocycles. The minimum atomic E-state index is 0.273. The van der Waals surface area contributed by atoms with Crippen LogP contribution in [0.3, 0.4) is 0 Å². The molecule has 0 unspecified atom stereocenters. The zero-order valence-corrected chi connectivity index (χ0v) is 6.49. The molecule has 0 atom stereocenters. The Labute approximate surface area is 66.2 Å². The van der Waals surface area contributed by atoms with Crippen molar-refractivity contribution in [3.8, 4) is 0 Å². The Morgan fingerprint density at radius 2 is 2.18 bits per heavy atom. The predicted molar refractivity (Wildman–Crippen MR) is 40.6 cm³/mol. The fourth-order valence-corrected chi connectivity index (χ4v) is 1.32. The van der Waals surface area contributed by atoms with Crippen molar-refractivity contribution >= 4 is 6.41 Å². The number of carbonyl (C=O) groups excluding carboxylic acids is 1. The molecule has 1 aliphatic heterocycles. The quantitative estimate of drug-likeness (QED) is 0.537. The lowest BCUT2D eigenvalue weighted by Crippen LogP contribution is -2.43. The van der Waals surface area contributed by atoms with E-state index in [2.05, 4.69) is 5.43 Å². The summed E-state index contributed by atoms with van der Waals surface area (Å²) in [5.74, 6) is 0.430. The molecule has 4 heteroatoms. The first-order valence-electron chi connectivity index (χ1n) is 3.92. The van der Waals surface area contributed by atoms with Crippen LogP contribution in [-0.2, 0) is 4.79 Å². The second-order valence-electron chi connectivity index (χ2n) is 2.86. The zero-order valence-electron chi connectivity index (χ0n) is 6.49. The number of aliphatic hydroxyl groups excluding tert-OH is 1. The third kappa shape index (κ3) is 2.48. The Bertz CT molecular complexity index is 122. The highest BCUT2D eigenvalue weighted by Gasteiger charge is 2.17. The number of aliphatic hydroxyl groups is 1. The van der Waals surface area contributed by atoms with Gasteiger partial charge in [-0.1, -0.05) is 0 Å². The first kappa shape index (κ1) is 8.49. The molecular weight excluding hydrogens is 144 g/mol. The number of piperidine rings is 1. The Morgan fingerprint density at radius 3 is 2.64 bits per heavy atom. The molecular formula is C7H14N2O2. The van der Waals surface area contributed by atoms with Gasteiger partial charge in [0.25, 0.3) is 0 Å². The summed E-state index contributed by atoms with van der Waals surface area (Å²) in [6, 6.07) is 0. The summed E-state index contributed by atoms with van der Waals surface area (Å²) in [4.78, 5) is 10.0. The first-order chi connectivity index (χ1) is 5.36. The fraction of sp³-hybridized carbons (Fsp3) is 0.857. The normalized spacial score (nSPS) is 21.5. The predicted octanol–water partition coefficient (Wildman–Crippen LogP) is -0.648. The van der Waals surface area contributed by atoms with E-state index in [1.54, 1.807) is 0 Å².